The van der Waals surface area contributed by atoms with Crippen molar-refractivity contribution in [2.24, 2.45) is 0 Å². The molecular weight excluding hydrogens is 392 g/mol. The number of nitrogens with zero attached hydrogens (tertiary/aromatic N) is 6. The minimum atomic E-state index is -4.80. The van der Waals surface area contributed by atoms with E-state index in [9.17, 15) is 17.6 Å². The van der Waals surface area contributed by atoms with Crippen LogP contribution in [0.15, 0.2) is 35.4 Å². The van der Waals surface area contributed by atoms with Gasteiger partial charge < -0.3 is 9.09 Å². The Morgan fingerprint density at radius 2 is 1.96 bits per heavy atom. The molecule has 0 amide bonds. The minimum absolute atomic E-state index is 0.192. The van der Waals surface area contributed by atoms with Gasteiger partial charge in [-0.25, -0.2) is 19.3 Å². The highest BCUT2D eigenvalue weighted by atomic mass is 35.5. The Morgan fingerprint density at radius 3 is 2.67 bits per heavy atom. The molecule has 0 radical (unpaired) electrons. The topological polar surface area (TPSA) is 82.5 Å². The van der Waals surface area contributed by atoms with Crippen LogP contribution in [0.25, 0.3) is 22.6 Å². The van der Waals surface area contributed by atoms with E-state index in [1.807, 2.05) is 0 Å². The van der Waals surface area contributed by atoms with Gasteiger partial charge in [0.15, 0.2) is 10.8 Å². The van der Waals surface area contributed by atoms with Crippen molar-refractivity contribution in [1.29, 1.82) is 0 Å². The minimum Gasteiger partial charge on any atom is -0.329 e. The molecule has 0 unspecified atom stereocenters. The zero-order valence-electron chi connectivity index (χ0n) is 13.1. The van der Waals surface area contributed by atoms with Crippen molar-refractivity contribution in [1.82, 2.24) is 29.7 Å². The first kappa shape index (κ1) is 17.3. The Morgan fingerprint density at radius 1 is 1.15 bits per heavy atom. The van der Waals surface area contributed by atoms with Crippen molar-refractivity contribution in [3.63, 3.8) is 0 Å². The first-order chi connectivity index (χ1) is 12.8. The first-order valence-electron chi connectivity index (χ1n) is 7.34. The van der Waals surface area contributed by atoms with Crippen molar-refractivity contribution >= 4 is 22.8 Å². The van der Waals surface area contributed by atoms with Gasteiger partial charge in [-0.15, -0.1) is 0 Å². The van der Waals surface area contributed by atoms with Crippen LogP contribution in [0.3, 0.4) is 0 Å². The summed E-state index contributed by atoms with van der Waals surface area (Å²) >= 11 is 5.93. The second-order valence-corrected chi connectivity index (χ2v) is 5.80. The highest BCUT2D eigenvalue weighted by Gasteiger charge is 2.38. The number of fused-ring (bicyclic) bond motifs is 1. The van der Waals surface area contributed by atoms with Crippen molar-refractivity contribution in [3.8, 4) is 11.4 Å². The molecule has 0 N–H and O–H groups in total. The fourth-order valence-electron chi connectivity index (χ4n) is 2.45. The van der Waals surface area contributed by atoms with E-state index in [1.54, 1.807) is 4.57 Å². The molecule has 0 aliphatic rings. The van der Waals surface area contributed by atoms with Crippen LogP contribution in [-0.4, -0.2) is 29.7 Å². The monoisotopic (exact) mass is 398 g/mol. The molecule has 138 valence electrons. The average molecular weight is 399 g/mol. The Kier molecular flexibility index (Phi) is 4.02. The van der Waals surface area contributed by atoms with Gasteiger partial charge in [-0.1, -0.05) is 22.8 Å². The number of halogens is 5. The second kappa shape index (κ2) is 6.27. The third kappa shape index (κ3) is 3.21. The highest BCUT2D eigenvalue weighted by Crippen LogP contribution is 2.30. The molecule has 0 aliphatic carbocycles. The smallest absolute Gasteiger partial charge is 0.329 e. The maximum absolute atomic E-state index is 14.4. The van der Waals surface area contributed by atoms with Crippen LogP contribution in [0, 0.1) is 5.82 Å². The van der Waals surface area contributed by atoms with E-state index < -0.39 is 23.7 Å². The number of aromatic nitrogens is 6. The summed E-state index contributed by atoms with van der Waals surface area (Å²) < 4.78 is 57.7. The van der Waals surface area contributed by atoms with Gasteiger partial charge in [0.05, 0.1) is 18.4 Å². The fourth-order valence-corrected chi connectivity index (χ4v) is 2.63. The van der Waals surface area contributed by atoms with E-state index in [4.69, 9.17) is 11.6 Å². The number of rotatable bonds is 3. The lowest BCUT2D eigenvalue weighted by Crippen LogP contribution is -2.05. The zero-order chi connectivity index (χ0) is 19.2. The van der Waals surface area contributed by atoms with E-state index in [-0.39, 0.29) is 17.3 Å². The molecule has 0 saturated carbocycles. The quantitative estimate of drug-likeness (QED) is 0.386. The van der Waals surface area contributed by atoms with Gasteiger partial charge >= 0.3 is 12.1 Å². The molecular formula is C15H7ClF4N6O. The number of hydrogen-bond acceptors (Lipinski definition) is 6. The lowest BCUT2D eigenvalue weighted by Gasteiger charge is -2.06. The zero-order valence-corrected chi connectivity index (χ0v) is 13.8. The SMILES string of the molecule is Fc1cc(Cn2cnc3c(Cl)ncnc32)ccc1-c1noc(C(F)(F)F)n1. The highest BCUT2D eigenvalue weighted by molar-refractivity contribution is 6.33. The molecule has 0 fully saturated rings. The first-order valence-corrected chi connectivity index (χ1v) is 7.72. The molecule has 12 heteroatoms. The van der Waals surface area contributed by atoms with E-state index in [1.165, 1.54) is 24.8 Å². The van der Waals surface area contributed by atoms with Gasteiger partial charge in [0.25, 0.3) is 0 Å². The number of hydrogen-bond donors (Lipinski definition) is 0. The lowest BCUT2D eigenvalue weighted by molar-refractivity contribution is -0.159. The van der Waals surface area contributed by atoms with Gasteiger partial charge in [0, 0.05) is 0 Å². The van der Waals surface area contributed by atoms with Crippen molar-refractivity contribution in [2.45, 2.75) is 12.7 Å². The second-order valence-electron chi connectivity index (χ2n) is 5.44. The maximum atomic E-state index is 14.4. The van der Waals surface area contributed by atoms with Crippen LogP contribution >= 0.6 is 11.6 Å². The predicted octanol–water partition coefficient (Wildman–Crippen LogP) is 3.74. The van der Waals surface area contributed by atoms with Crippen LogP contribution in [0.5, 0.6) is 0 Å². The van der Waals surface area contributed by atoms with Gasteiger partial charge in [0.2, 0.25) is 5.82 Å². The van der Waals surface area contributed by atoms with Crippen LogP contribution in [-0.2, 0) is 12.7 Å². The standard InChI is InChI=1S/C15H7ClF4N6O/c16-11-10-13(22-5-21-11)26(6-23-10)4-7-1-2-8(9(17)3-7)12-24-14(27-25-12)15(18,19)20/h1-3,5-6H,4H2. The average Bonchev–Trinajstić information content (AvgIpc) is 3.23. The van der Waals surface area contributed by atoms with Crippen LogP contribution in [0.2, 0.25) is 5.15 Å². The van der Waals surface area contributed by atoms with Crippen LogP contribution in [0.4, 0.5) is 17.6 Å². The largest absolute Gasteiger partial charge is 0.471 e. The van der Waals surface area contributed by atoms with Gasteiger partial charge in [-0.05, 0) is 17.7 Å². The summed E-state index contributed by atoms with van der Waals surface area (Å²) in [4.78, 5) is 15.2. The molecule has 4 rings (SSSR count). The molecule has 3 aromatic heterocycles. The number of imidazole rings is 1. The summed E-state index contributed by atoms with van der Waals surface area (Å²) in [5.74, 6) is -2.82. The van der Waals surface area contributed by atoms with Gasteiger partial charge in [0.1, 0.15) is 17.7 Å². The Balaban J connectivity index is 1.64. The maximum Gasteiger partial charge on any atom is 0.471 e. The Labute approximate surface area is 152 Å². The molecule has 0 saturated heterocycles. The number of alkyl halides is 3. The van der Waals surface area contributed by atoms with Gasteiger partial charge in [-0.3, -0.25) is 0 Å². The summed E-state index contributed by atoms with van der Waals surface area (Å²) in [7, 11) is 0. The summed E-state index contributed by atoms with van der Waals surface area (Å²) in [5.41, 5.74) is 1.18. The lowest BCUT2D eigenvalue weighted by atomic mass is 10.1. The molecule has 1 aromatic carbocycles. The van der Waals surface area contributed by atoms with Crippen LogP contribution < -0.4 is 0 Å². The normalized spacial score (nSPS) is 12.0. The molecule has 27 heavy (non-hydrogen) atoms. The molecule has 0 bridgehead atoms. The van der Waals surface area contributed by atoms with E-state index in [2.05, 4.69) is 29.6 Å². The fraction of sp³-hybridized carbons (Fsp3) is 0.133. The van der Waals surface area contributed by atoms with E-state index in [0.717, 1.165) is 6.07 Å². The third-order valence-electron chi connectivity index (χ3n) is 3.65. The summed E-state index contributed by atoms with van der Waals surface area (Å²) in [6.07, 6.45) is -2.04. The Hall–Kier alpha value is -3.08. The van der Waals surface area contributed by atoms with Crippen molar-refractivity contribution < 1.29 is 22.1 Å². The molecule has 4 aromatic rings. The molecule has 7 nitrogen and oxygen atoms in total. The Bertz CT molecular complexity index is 1140. The summed E-state index contributed by atoms with van der Waals surface area (Å²) in [5, 5.41) is 3.37. The summed E-state index contributed by atoms with van der Waals surface area (Å²) in [6, 6.07) is 3.96. The van der Waals surface area contributed by atoms with Crippen molar-refractivity contribution in [2.75, 3.05) is 0 Å². The molecule has 0 atom stereocenters. The third-order valence-corrected chi connectivity index (χ3v) is 3.93. The molecule has 0 spiro atoms. The van der Waals surface area contributed by atoms with Crippen LogP contribution in [0.1, 0.15) is 11.5 Å². The predicted molar refractivity (Wildman–Crippen MR) is 84.1 cm³/mol. The summed E-state index contributed by atoms with van der Waals surface area (Å²) in [6.45, 7) is 0.209. The van der Waals surface area contributed by atoms with Gasteiger partial charge in [-0.2, -0.15) is 18.2 Å². The van der Waals surface area contributed by atoms with Crippen molar-refractivity contribution in [3.05, 3.63) is 53.3 Å². The number of benzene rings is 1. The molecule has 0 aliphatic heterocycles. The van der Waals surface area contributed by atoms with E-state index >= 15 is 0 Å². The molecule has 3 heterocycles. The van der Waals surface area contributed by atoms with E-state index in [0.29, 0.717) is 16.7 Å².